The van der Waals surface area contributed by atoms with Gasteiger partial charge < -0.3 is 15.5 Å². The van der Waals surface area contributed by atoms with E-state index in [1.807, 2.05) is 0 Å². The van der Waals surface area contributed by atoms with Crippen LogP contribution in [0.3, 0.4) is 0 Å². The van der Waals surface area contributed by atoms with E-state index in [1.54, 1.807) is 0 Å². The third-order valence-electron chi connectivity index (χ3n) is 5.63. The highest BCUT2D eigenvalue weighted by atomic mass is 32.2. The first-order valence-corrected chi connectivity index (χ1v) is 12.0. The predicted octanol–water partition coefficient (Wildman–Crippen LogP) is 2.77. The van der Waals surface area contributed by atoms with Crippen molar-refractivity contribution in [3.63, 3.8) is 0 Å². The molecule has 0 saturated carbocycles. The number of likely N-dealkylation sites (N-methyl/N-ethyl adjacent to an activating group) is 1. The Hall–Kier alpha value is -1.24. The Morgan fingerprint density at radius 3 is 2.39 bits per heavy atom. The van der Waals surface area contributed by atoms with Crippen molar-refractivity contribution < 1.29 is 0 Å². The van der Waals surface area contributed by atoms with Crippen molar-refractivity contribution in [2.24, 2.45) is 4.99 Å². The molecule has 0 radical (unpaired) electrons. The molecule has 1 aromatic rings. The van der Waals surface area contributed by atoms with E-state index >= 15 is 0 Å². The summed E-state index contributed by atoms with van der Waals surface area (Å²) >= 11 is 2.08. The summed E-state index contributed by atoms with van der Waals surface area (Å²) in [5, 5.41) is 7.62. The second-order valence-corrected chi connectivity index (χ2v) is 9.15. The first kappa shape index (κ1) is 21.5. The van der Waals surface area contributed by atoms with Crippen molar-refractivity contribution in [1.29, 1.82) is 0 Å². The molecule has 0 amide bonds. The molecule has 2 N–H and O–H groups in total. The lowest BCUT2D eigenvalue weighted by Crippen LogP contribution is -2.45. The fraction of sp³-hybridized carbons (Fsp3) is 0.682. The summed E-state index contributed by atoms with van der Waals surface area (Å²) in [5.74, 6) is 2.24. The van der Waals surface area contributed by atoms with Gasteiger partial charge in [-0.3, -0.25) is 4.90 Å². The van der Waals surface area contributed by atoms with Gasteiger partial charge in [-0.25, -0.2) is 4.99 Å². The maximum absolute atomic E-state index is 4.78. The molecule has 0 bridgehead atoms. The number of piperazine rings is 1. The van der Waals surface area contributed by atoms with E-state index in [9.17, 15) is 0 Å². The van der Waals surface area contributed by atoms with E-state index in [2.05, 4.69) is 70.3 Å². The van der Waals surface area contributed by atoms with Crippen LogP contribution in [-0.2, 0) is 13.1 Å². The number of nitrogens with one attached hydrogen (secondary N) is 2. The molecule has 0 spiro atoms. The van der Waals surface area contributed by atoms with Gasteiger partial charge in [-0.15, -0.1) is 0 Å². The maximum Gasteiger partial charge on any atom is 0.191 e. The van der Waals surface area contributed by atoms with E-state index in [-0.39, 0.29) is 0 Å². The van der Waals surface area contributed by atoms with Crippen LogP contribution < -0.4 is 10.6 Å². The standard InChI is InChI=1S/C22H37N5S/c1-3-23-22(25-17-21-6-5-15-28-21)24-16-19-7-9-20(10-8-19)18-27-13-11-26(4-2)12-14-27/h7-10,21H,3-6,11-18H2,1-2H3,(H2,23,24,25). The van der Waals surface area contributed by atoms with Crippen LogP contribution in [0.2, 0.25) is 0 Å². The quantitative estimate of drug-likeness (QED) is 0.516. The van der Waals surface area contributed by atoms with E-state index < -0.39 is 0 Å². The van der Waals surface area contributed by atoms with E-state index in [1.165, 1.54) is 62.4 Å². The number of rotatable bonds is 8. The number of benzene rings is 1. The van der Waals surface area contributed by atoms with E-state index in [0.29, 0.717) is 0 Å². The fourth-order valence-corrected chi connectivity index (χ4v) is 5.00. The molecule has 2 fully saturated rings. The molecule has 2 heterocycles. The number of guanidine groups is 1. The van der Waals surface area contributed by atoms with Gasteiger partial charge in [0, 0.05) is 51.1 Å². The number of hydrogen-bond acceptors (Lipinski definition) is 4. The van der Waals surface area contributed by atoms with Crippen molar-refractivity contribution in [3.8, 4) is 0 Å². The third-order valence-corrected chi connectivity index (χ3v) is 7.02. The lowest BCUT2D eigenvalue weighted by atomic mass is 10.1. The molecule has 2 aliphatic rings. The molecule has 1 atom stereocenters. The Morgan fingerprint density at radius 1 is 1.04 bits per heavy atom. The molecule has 0 aliphatic carbocycles. The second-order valence-electron chi connectivity index (χ2n) is 7.74. The molecule has 2 saturated heterocycles. The summed E-state index contributed by atoms with van der Waals surface area (Å²) in [6.45, 7) is 14.0. The van der Waals surface area contributed by atoms with Gasteiger partial charge in [-0.2, -0.15) is 11.8 Å². The number of hydrogen-bond donors (Lipinski definition) is 2. The Bertz CT molecular complexity index is 589. The summed E-state index contributed by atoms with van der Waals surface area (Å²) < 4.78 is 0. The molecule has 28 heavy (non-hydrogen) atoms. The zero-order valence-corrected chi connectivity index (χ0v) is 18.4. The van der Waals surface area contributed by atoms with Gasteiger partial charge in [0.25, 0.3) is 0 Å². The Balaban J connectivity index is 1.45. The monoisotopic (exact) mass is 403 g/mol. The Kier molecular flexibility index (Phi) is 8.96. The highest BCUT2D eigenvalue weighted by molar-refractivity contribution is 8.00. The lowest BCUT2D eigenvalue weighted by molar-refractivity contribution is 0.132. The van der Waals surface area contributed by atoms with Crippen LogP contribution in [0.5, 0.6) is 0 Å². The molecular weight excluding hydrogens is 366 g/mol. The summed E-state index contributed by atoms with van der Waals surface area (Å²) in [6.07, 6.45) is 2.68. The van der Waals surface area contributed by atoms with E-state index in [0.717, 1.165) is 37.4 Å². The first-order valence-electron chi connectivity index (χ1n) is 10.9. The van der Waals surface area contributed by atoms with Gasteiger partial charge in [-0.1, -0.05) is 31.2 Å². The van der Waals surface area contributed by atoms with Crippen LogP contribution in [0.4, 0.5) is 0 Å². The van der Waals surface area contributed by atoms with Gasteiger partial charge in [0.05, 0.1) is 6.54 Å². The van der Waals surface area contributed by atoms with Gasteiger partial charge in [-0.05, 0) is 43.2 Å². The first-order chi connectivity index (χ1) is 13.8. The van der Waals surface area contributed by atoms with Crippen LogP contribution in [-0.4, -0.2) is 72.6 Å². The minimum absolute atomic E-state index is 0.725. The Morgan fingerprint density at radius 2 is 1.75 bits per heavy atom. The van der Waals surface area contributed by atoms with Crippen LogP contribution >= 0.6 is 11.8 Å². The van der Waals surface area contributed by atoms with Crippen molar-refractivity contribution >= 4 is 17.7 Å². The number of aliphatic imine (C=N–C) groups is 1. The van der Waals surface area contributed by atoms with E-state index in [4.69, 9.17) is 4.99 Å². The number of thioether (sulfide) groups is 1. The lowest BCUT2D eigenvalue weighted by Gasteiger charge is -2.34. The molecule has 5 nitrogen and oxygen atoms in total. The fourth-order valence-electron chi connectivity index (χ4n) is 3.80. The highest BCUT2D eigenvalue weighted by Gasteiger charge is 2.16. The molecule has 1 unspecified atom stereocenters. The minimum Gasteiger partial charge on any atom is -0.357 e. The SMILES string of the molecule is CCNC(=NCc1ccc(CN2CCN(CC)CC2)cc1)NCC1CCCS1. The van der Waals surface area contributed by atoms with Crippen LogP contribution in [0, 0.1) is 0 Å². The van der Waals surface area contributed by atoms with Gasteiger partial charge >= 0.3 is 0 Å². The smallest absolute Gasteiger partial charge is 0.191 e. The Labute approximate surface area is 175 Å². The zero-order valence-electron chi connectivity index (χ0n) is 17.6. The van der Waals surface area contributed by atoms with Gasteiger partial charge in [0.1, 0.15) is 0 Å². The van der Waals surface area contributed by atoms with Crippen LogP contribution in [0.15, 0.2) is 29.3 Å². The van der Waals surface area contributed by atoms with Gasteiger partial charge in [0.15, 0.2) is 5.96 Å². The maximum atomic E-state index is 4.78. The molecular formula is C22H37N5S. The molecule has 2 aliphatic heterocycles. The minimum atomic E-state index is 0.725. The average Bonchev–Trinajstić information content (AvgIpc) is 3.25. The molecule has 6 heteroatoms. The van der Waals surface area contributed by atoms with Crippen molar-refractivity contribution in [2.45, 2.75) is 45.0 Å². The molecule has 3 rings (SSSR count). The summed E-state index contributed by atoms with van der Waals surface area (Å²) in [5.41, 5.74) is 2.67. The third kappa shape index (κ3) is 6.98. The summed E-state index contributed by atoms with van der Waals surface area (Å²) in [7, 11) is 0. The summed E-state index contributed by atoms with van der Waals surface area (Å²) in [6, 6.07) is 9.01. The molecule has 0 aromatic heterocycles. The molecule has 1 aromatic carbocycles. The second kappa shape index (κ2) is 11.7. The van der Waals surface area contributed by atoms with Gasteiger partial charge in [0.2, 0.25) is 0 Å². The predicted molar refractivity (Wildman–Crippen MR) is 122 cm³/mol. The molecule has 156 valence electrons. The van der Waals surface area contributed by atoms with Crippen molar-refractivity contribution in [1.82, 2.24) is 20.4 Å². The largest absolute Gasteiger partial charge is 0.357 e. The van der Waals surface area contributed by atoms with Crippen molar-refractivity contribution in [2.75, 3.05) is 51.6 Å². The van der Waals surface area contributed by atoms with Crippen molar-refractivity contribution in [3.05, 3.63) is 35.4 Å². The zero-order chi connectivity index (χ0) is 19.6. The van der Waals surface area contributed by atoms with Crippen LogP contribution in [0.25, 0.3) is 0 Å². The summed E-state index contributed by atoms with van der Waals surface area (Å²) in [4.78, 5) is 9.87. The topological polar surface area (TPSA) is 42.9 Å². The average molecular weight is 404 g/mol. The van der Waals surface area contributed by atoms with Crippen LogP contribution in [0.1, 0.15) is 37.8 Å². The number of nitrogens with zero attached hydrogens (tertiary/aromatic N) is 3. The normalized spacial score (nSPS) is 21.8. The highest BCUT2D eigenvalue weighted by Crippen LogP contribution is 2.25.